The van der Waals surface area contributed by atoms with Gasteiger partial charge in [-0.2, -0.15) is 0 Å². The molecule has 0 N–H and O–H groups in total. The Morgan fingerprint density at radius 3 is 2.50 bits per heavy atom. The lowest BCUT2D eigenvalue weighted by molar-refractivity contribution is 0.105. The highest BCUT2D eigenvalue weighted by Crippen LogP contribution is 2.15. The van der Waals surface area contributed by atoms with E-state index in [9.17, 15) is 0 Å². The monoisotopic (exact) mass is 113 g/mol. The van der Waals surface area contributed by atoms with Gasteiger partial charge in [0, 0.05) is 6.04 Å². The van der Waals surface area contributed by atoms with Crippen LogP contribution in [0.3, 0.4) is 0 Å². The highest BCUT2D eigenvalue weighted by Gasteiger charge is 2.21. The van der Waals surface area contributed by atoms with Gasteiger partial charge >= 0.3 is 0 Å². The Bertz CT molecular complexity index is 70.8. The van der Waals surface area contributed by atoms with Crippen molar-refractivity contribution in [3.63, 3.8) is 0 Å². The average Bonchev–Trinajstić information content (AvgIpc) is 1.79. The van der Waals surface area contributed by atoms with E-state index >= 15 is 0 Å². The molecular weight excluding hydrogens is 98.1 g/mol. The second kappa shape index (κ2) is 2.49. The van der Waals surface area contributed by atoms with Gasteiger partial charge in [-0.15, -0.1) is 0 Å². The van der Waals surface area contributed by atoms with Crippen molar-refractivity contribution >= 4 is 0 Å². The molecule has 0 saturated carbocycles. The molecule has 1 heterocycles. The summed E-state index contributed by atoms with van der Waals surface area (Å²) in [6, 6.07) is 0.884. The molecule has 0 amide bonds. The van der Waals surface area contributed by atoms with Gasteiger partial charge in [-0.25, -0.2) is 0 Å². The van der Waals surface area contributed by atoms with Crippen LogP contribution in [0.2, 0.25) is 0 Å². The van der Waals surface area contributed by atoms with Gasteiger partial charge in [-0.3, -0.25) is 0 Å². The number of hydrogen-bond donors (Lipinski definition) is 0. The lowest BCUT2D eigenvalue weighted by Gasteiger charge is -2.38. The SMILES string of the molecule is CCCN1CCC1C. The van der Waals surface area contributed by atoms with E-state index in [1.807, 2.05) is 0 Å². The van der Waals surface area contributed by atoms with Gasteiger partial charge in [-0.05, 0) is 32.9 Å². The third-order valence-corrected chi connectivity index (χ3v) is 1.97. The molecule has 0 spiro atoms. The Hall–Kier alpha value is -0.0400. The van der Waals surface area contributed by atoms with E-state index in [0.717, 1.165) is 6.04 Å². The quantitative estimate of drug-likeness (QED) is 0.524. The van der Waals surface area contributed by atoms with Crippen LogP contribution >= 0.6 is 0 Å². The Morgan fingerprint density at radius 1 is 1.62 bits per heavy atom. The molecule has 0 aliphatic carbocycles. The molecule has 0 aromatic carbocycles. The summed E-state index contributed by atoms with van der Waals surface area (Å²) in [5.41, 5.74) is 0. The van der Waals surface area contributed by atoms with Crippen LogP contribution in [0.15, 0.2) is 0 Å². The van der Waals surface area contributed by atoms with Crippen LogP contribution in [0.4, 0.5) is 0 Å². The highest BCUT2D eigenvalue weighted by atomic mass is 15.2. The second-order valence-electron chi connectivity index (χ2n) is 2.67. The molecule has 1 aliphatic rings. The molecule has 1 saturated heterocycles. The zero-order chi connectivity index (χ0) is 5.98. The van der Waals surface area contributed by atoms with E-state index in [2.05, 4.69) is 18.7 Å². The first-order chi connectivity index (χ1) is 3.84. The molecule has 1 aliphatic heterocycles. The van der Waals surface area contributed by atoms with E-state index in [1.165, 1.54) is 25.9 Å². The van der Waals surface area contributed by atoms with E-state index in [0.29, 0.717) is 0 Å². The van der Waals surface area contributed by atoms with E-state index in [4.69, 9.17) is 0 Å². The lowest BCUT2D eigenvalue weighted by Crippen LogP contribution is -2.45. The van der Waals surface area contributed by atoms with E-state index < -0.39 is 0 Å². The topological polar surface area (TPSA) is 3.24 Å². The maximum absolute atomic E-state index is 2.53. The van der Waals surface area contributed by atoms with Crippen LogP contribution in [-0.2, 0) is 0 Å². The molecule has 0 aromatic rings. The second-order valence-corrected chi connectivity index (χ2v) is 2.67. The smallest absolute Gasteiger partial charge is 0.00791 e. The molecule has 1 atom stereocenters. The average molecular weight is 113 g/mol. The molecule has 1 fully saturated rings. The summed E-state index contributed by atoms with van der Waals surface area (Å²) in [6.07, 6.45) is 2.73. The molecule has 0 bridgehead atoms. The van der Waals surface area contributed by atoms with Gasteiger partial charge in [0.2, 0.25) is 0 Å². The fraction of sp³-hybridized carbons (Fsp3) is 1.00. The van der Waals surface area contributed by atoms with Crippen LogP contribution in [0, 0.1) is 0 Å². The predicted octanol–water partition coefficient (Wildman–Crippen LogP) is 1.49. The Labute approximate surface area is 51.7 Å². The molecule has 1 nitrogen and oxygen atoms in total. The fourth-order valence-electron chi connectivity index (χ4n) is 1.19. The van der Waals surface area contributed by atoms with Gasteiger partial charge in [-0.1, -0.05) is 6.92 Å². The number of likely N-dealkylation sites (tertiary alicyclic amines) is 1. The van der Waals surface area contributed by atoms with Crippen LogP contribution in [0.5, 0.6) is 0 Å². The van der Waals surface area contributed by atoms with Crippen molar-refractivity contribution in [2.45, 2.75) is 32.7 Å². The van der Waals surface area contributed by atoms with Crippen molar-refractivity contribution in [2.24, 2.45) is 0 Å². The van der Waals surface area contributed by atoms with Crippen molar-refractivity contribution in [3.05, 3.63) is 0 Å². The van der Waals surface area contributed by atoms with Gasteiger partial charge in [0.1, 0.15) is 0 Å². The van der Waals surface area contributed by atoms with Crippen molar-refractivity contribution in [2.75, 3.05) is 13.1 Å². The third kappa shape index (κ3) is 1.03. The minimum Gasteiger partial charge on any atom is -0.301 e. The zero-order valence-corrected chi connectivity index (χ0v) is 5.85. The fourth-order valence-corrected chi connectivity index (χ4v) is 1.19. The summed E-state index contributed by atoms with van der Waals surface area (Å²) in [4.78, 5) is 2.53. The number of rotatable bonds is 2. The normalized spacial score (nSPS) is 30.0. The van der Waals surface area contributed by atoms with Crippen molar-refractivity contribution in [3.8, 4) is 0 Å². The van der Waals surface area contributed by atoms with Crippen molar-refractivity contribution in [1.29, 1.82) is 0 Å². The Balaban J connectivity index is 2.08. The Kier molecular flexibility index (Phi) is 1.90. The molecule has 1 rings (SSSR count). The summed E-state index contributed by atoms with van der Waals surface area (Å²) < 4.78 is 0. The maximum atomic E-state index is 2.53. The standard InChI is InChI=1S/C7H15N/c1-3-5-8-6-4-7(8)2/h7H,3-6H2,1-2H3. The summed E-state index contributed by atoms with van der Waals surface area (Å²) in [5, 5.41) is 0. The van der Waals surface area contributed by atoms with E-state index in [-0.39, 0.29) is 0 Å². The number of nitrogens with zero attached hydrogens (tertiary/aromatic N) is 1. The van der Waals surface area contributed by atoms with Gasteiger partial charge in [0.05, 0.1) is 0 Å². The zero-order valence-electron chi connectivity index (χ0n) is 5.85. The van der Waals surface area contributed by atoms with Gasteiger partial charge in [0.25, 0.3) is 0 Å². The molecular formula is C7H15N. The van der Waals surface area contributed by atoms with Crippen LogP contribution in [0.1, 0.15) is 26.7 Å². The first-order valence-corrected chi connectivity index (χ1v) is 3.58. The number of hydrogen-bond acceptors (Lipinski definition) is 1. The predicted molar refractivity (Wildman–Crippen MR) is 35.9 cm³/mol. The summed E-state index contributed by atoms with van der Waals surface area (Å²) in [7, 11) is 0. The first-order valence-electron chi connectivity index (χ1n) is 3.58. The van der Waals surface area contributed by atoms with Crippen molar-refractivity contribution in [1.82, 2.24) is 4.90 Å². The maximum Gasteiger partial charge on any atom is 0.00791 e. The van der Waals surface area contributed by atoms with Crippen molar-refractivity contribution < 1.29 is 0 Å². The lowest BCUT2D eigenvalue weighted by atomic mass is 10.1. The summed E-state index contributed by atoms with van der Waals surface area (Å²) in [5.74, 6) is 0. The highest BCUT2D eigenvalue weighted by molar-refractivity contribution is 4.77. The molecule has 1 unspecified atom stereocenters. The molecule has 0 aromatic heterocycles. The summed E-state index contributed by atoms with van der Waals surface area (Å²) >= 11 is 0. The Morgan fingerprint density at radius 2 is 2.38 bits per heavy atom. The molecule has 1 heteroatoms. The van der Waals surface area contributed by atoms with Crippen LogP contribution < -0.4 is 0 Å². The minimum atomic E-state index is 0.884. The van der Waals surface area contributed by atoms with Crippen LogP contribution in [0.25, 0.3) is 0 Å². The first kappa shape index (κ1) is 6.09. The third-order valence-electron chi connectivity index (χ3n) is 1.97. The molecule has 0 radical (unpaired) electrons. The molecule has 8 heavy (non-hydrogen) atoms. The van der Waals surface area contributed by atoms with Crippen LogP contribution in [-0.4, -0.2) is 24.0 Å². The van der Waals surface area contributed by atoms with Gasteiger partial charge in [0.15, 0.2) is 0 Å². The largest absolute Gasteiger partial charge is 0.301 e. The summed E-state index contributed by atoms with van der Waals surface area (Å²) in [6.45, 7) is 7.19. The minimum absolute atomic E-state index is 0.884. The molecule has 48 valence electrons. The van der Waals surface area contributed by atoms with E-state index in [1.54, 1.807) is 0 Å². The van der Waals surface area contributed by atoms with Gasteiger partial charge < -0.3 is 4.90 Å².